The molecule has 6 aromatic rings. The van der Waals surface area contributed by atoms with Crippen molar-refractivity contribution in [2.75, 3.05) is 0 Å². The van der Waals surface area contributed by atoms with Crippen molar-refractivity contribution >= 4 is 41.3 Å². The van der Waals surface area contributed by atoms with Gasteiger partial charge in [0.15, 0.2) is 0 Å². The molecule has 0 radical (unpaired) electrons. The molecule has 304 valence electrons. The van der Waals surface area contributed by atoms with Crippen LogP contribution in [0.2, 0.25) is 8.87 Å². The first-order valence-electron chi connectivity index (χ1n) is 21.1. The van der Waals surface area contributed by atoms with Crippen molar-refractivity contribution in [3.05, 3.63) is 96.1 Å². The predicted octanol–water partition coefficient (Wildman–Crippen LogP) is 13.1. The Morgan fingerprint density at radius 3 is 1.12 bits per heavy atom. The standard InChI is InChI=1S/2C20H25N3O.2C4H9.Sn/c2*1-19(2,3)13-20(4,5)14-10-11-18(24)17(12-14)23-21-15-8-6-7-9-16(15)22-23;2*1-3-4-2;/h2*6-12,24H,13H2,1-5H3;2*1,3-4H2,2H3;/q;;;;+2/p-2. The van der Waals surface area contributed by atoms with E-state index in [1.54, 1.807) is 9.59 Å². The molecule has 0 N–H and O–H groups in total. The summed E-state index contributed by atoms with van der Waals surface area (Å²) in [5.41, 5.74) is 7.71. The van der Waals surface area contributed by atoms with Crippen LogP contribution in [0.3, 0.4) is 0 Å². The molecule has 6 rings (SSSR count). The Kier molecular flexibility index (Phi) is 12.5. The van der Waals surface area contributed by atoms with E-state index in [2.05, 4.69) is 119 Å². The number of aromatic nitrogens is 6. The van der Waals surface area contributed by atoms with Crippen LogP contribution >= 0.6 is 0 Å². The summed E-state index contributed by atoms with van der Waals surface area (Å²) in [7, 11) is 0. The molecule has 2 heterocycles. The first-order chi connectivity index (χ1) is 26.8. The molecule has 0 aliphatic heterocycles. The second-order valence-corrected chi connectivity index (χ2v) is 29.1. The SMILES string of the molecule is CCC[CH2][Sn]([CH2]CCC)([O]c1ccc(C(C)(C)CC(C)(C)C)cc1-n1nc2ccccc2n1)[O]c1ccc(C(C)(C)CC(C)(C)C)cc1-n1nc2ccccc2n1. The van der Waals surface area contributed by atoms with Gasteiger partial charge in [-0.1, -0.05) is 0 Å². The van der Waals surface area contributed by atoms with Crippen LogP contribution in [0.25, 0.3) is 33.4 Å². The first kappa shape index (κ1) is 42.7. The summed E-state index contributed by atoms with van der Waals surface area (Å²) in [4.78, 5) is 3.56. The third-order valence-corrected chi connectivity index (χ3v) is 20.6. The van der Waals surface area contributed by atoms with E-state index in [0.717, 1.165) is 92.3 Å². The molecule has 0 fully saturated rings. The number of benzene rings is 4. The summed E-state index contributed by atoms with van der Waals surface area (Å²) in [6.07, 6.45) is 6.19. The molecule has 0 spiro atoms. The minimum absolute atomic E-state index is 0.0862. The maximum atomic E-state index is 7.61. The maximum absolute atomic E-state index is 7.61. The molecule has 4 aromatic carbocycles. The number of rotatable bonds is 16. The van der Waals surface area contributed by atoms with E-state index in [0.29, 0.717) is 0 Å². The molecule has 0 saturated heterocycles. The van der Waals surface area contributed by atoms with E-state index < -0.39 is 19.2 Å². The Morgan fingerprint density at radius 2 is 0.825 bits per heavy atom. The third-order valence-electron chi connectivity index (χ3n) is 10.8. The van der Waals surface area contributed by atoms with Crippen molar-refractivity contribution in [2.45, 2.75) is 141 Å². The normalized spacial score (nSPS) is 13.1. The average Bonchev–Trinajstić information content (AvgIpc) is 3.76. The van der Waals surface area contributed by atoms with Crippen LogP contribution in [0.4, 0.5) is 0 Å². The summed E-state index contributed by atoms with van der Waals surface area (Å²) in [5, 5.41) is 20.0. The molecule has 57 heavy (non-hydrogen) atoms. The van der Waals surface area contributed by atoms with E-state index in [-0.39, 0.29) is 21.7 Å². The summed E-state index contributed by atoms with van der Waals surface area (Å²) in [6, 6.07) is 29.5. The van der Waals surface area contributed by atoms with Crippen molar-refractivity contribution in [3.63, 3.8) is 0 Å². The fraction of sp³-hybridized carbons (Fsp3) is 0.500. The van der Waals surface area contributed by atoms with Gasteiger partial charge in [0.05, 0.1) is 0 Å². The van der Waals surface area contributed by atoms with Crippen LogP contribution in [0.5, 0.6) is 11.5 Å². The zero-order valence-electron chi connectivity index (χ0n) is 36.7. The van der Waals surface area contributed by atoms with Gasteiger partial charge >= 0.3 is 348 Å². The van der Waals surface area contributed by atoms with Crippen molar-refractivity contribution < 1.29 is 6.15 Å². The van der Waals surface area contributed by atoms with Crippen LogP contribution in [0.1, 0.15) is 133 Å². The average molecular weight is 878 g/mol. The van der Waals surface area contributed by atoms with Gasteiger partial charge in [0.25, 0.3) is 0 Å². The molecule has 8 nitrogen and oxygen atoms in total. The Morgan fingerprint density at radius 1 is 0.491 bits per heavy atom. The molecule has 2 aromatic heterocycles. The van der Waals surface area contributed by atoms with Crippen molar-refractivity contribution in [1.29, 1.82) is 0 Å². The molecule has 0 atom stereocenters. The molecular formula is C48H66N6O2Sn. The second kappa shape index (κ2) is 16.7. The Hall–Kier alpha value is -3.92. The van der Waals surface area contributed by atoms with Crippen LogP contribution in [0, 0.1) is 10.8 Å². The summed E-state index contributed by atoms with van der Waals surface area (Å²) in [6.45, 7) is 27.7. The van der Waals surface area contributed by atoms with E-state index in [9.17, 15) is 0 Å². The van der Waals surface area contributed by atoms with Crippen molar-refractivity contribution in [2.24, 2.45) is 10.8 Å². The zero-order valence-corrected chi connectivity index (χ0v) is 39.6. The van der Waals surface area contributed by atoms with Crippen LogP contribution in [0.15, 0.2) is 84.9 Å². The molecule has 0 unspecified atom stereocenters. The summed E-state index contributed by atoms with van der Waals surface area (Å²) < 4.78 is 17.0. The monoisotopic (exact) mass is 878 g/mol. The Labute approximate surface area is 346 Å². The molecule has 9 heteroatoms. The Balaban J connectivity index is 1.52. The summed E-state index contributed by atoms with van der Waals surface area (Å²) in [5.74, 6) is 1.56. The van der Waals surface area contributed by atoms with Crippen LogP contribution in [-0.4, -0.2) is 49.2 Å². The third kappa shape index (κ3) is 10.4. The second-order valence-electron chi connectivity index (χ2n) is 19.9. The van der Waals surface area contributed by atoms with Gasteiger partial charge in [0.1, 0.15) is 0 Å². The van der Waals surface area contributed by atoms with Gasteiger partial charge in [0.2, 0.25) is 0 Å². The quantitative estimate of drug-likeness (QED) is 0.0901. The van der Waals surface area contributed by atoms with Gasteiger partial charge in [-0.05, 0) is 0 Å². The van der Waals surface area contributed by atoms with Gasteiger partial charge < -0.3 is 0 Å². The predicted molar refractivity (Wildman–Crippen MR) is 238 cm³/mol. The van der Waals surface area contributed by atoms with Gasteiger partial charge in [0, 0.05) is 0 Å². The number of unbranched alkanes of at least 4 members (excludes halogenated alkanes) is 2. The molecule has 0 bridgehead atoms. The van der Waals surface area contributed by atoms with Crippen LogP contribution in [-0.2, 0) is 10.8 Å². The summed E-state index contributed by atoms with van der Waals surface area (Å²) >= 11 is -4.12. The zero-order chi connectivity index (χ0) is 41.2. The molecule has 0 saturated carbocycles. The van der Waals surface area contributed by atoms with Crippen LogP contribution < -0.4 is 6.15 Å². The van der Waals surface area contributed by atoms with Gasteiger partial charge in [-0.15, -0.1) is 0 Å². The Bertz CT molecular complexity index is 2060. The number of fused-ring (bicyclic) bond motifs is 2. The topological polar surface area (TPSA) is 79.9 Å². The van der Waals surface area contributed by atoms with E-state index in [1.807, 2.05) is 48.5 Å². The molecule has 0 aliphatic rings. The molecule has 0 aliphatic carbocycles. The van der Waals surface area contributed by atoms with Gasteiger partial charge in [-0.2, -0.15) is 0 Å². The molecule has 0 amide bonds. The van der Waals surface area contributed by atoms with Gasteiger partial charge in [-0.25, -0.2) is 0 Å². The van der Waals surface area contributed by atoms with Crippen molar-refractivity contribution in [1.82, 2.24) is 30.0 Å². The first-order valence-corrected chi connectivity index (χ1v) is 27.5. The number of hydrogen-bond donors (Lipinski definition) is 0. The molecular weight excluding hydrogens is 811 g/mol. The number of hydrogen-bond acceptors (Lipinski definition) is 6. The van der Waals surface area contributed by atoms with Crippen molar-refractivity contribution in [3.8, 4) is 22.9 Å². The van der Waals surface area contributed by atoms with E-state index in [1.165, 1.54) is 11.1 Å². The van der Waals surface area contributed by atoms with Gasteiger partial charge in [-0.3, -0.25) is 0 Å². The van der Waals surface area contributed by atoms with E-state index in [4.69, 9.17) is 26.5 Å². The number of nitrogens with zero attached hydrogens (tertiary/aromatic N) is 6. The fourth-order valence-corrected chi connectivity index (χ4v) is 19.2. The van der Waals surface area contributed by atoms with E-state index >= 15 is 0 Å². The minimum atomic E-state index is -4.12. The fourth-order valence-electron chi connectivity index (χ4n) is 8.80.